The summed E-state index contributed by atoms with van der Waals surface area (Å²) >= 11 is 3.56. The first-order valence-corrected chi connectivity index (χ1v) is 7.67. The van der Waals surface area contributed by atoms with Crippen LogP contribution in [0.2, 0.25) is 0 Å². The topological polar surface area (TPSA) is 42.2 Å². The van der Waals surface area contributed by atoms with Crippen LogP contribution in [0.1, 0.15) is 18.2 Å². The second kappa shape index (κ2) is 7.41. The van der Waals surface area contributed by atoms with Gasteiger partial charge in [-0.25, -0.2) is 0 Å². The molecule has 20 heavy (non-hydrogen) atoms. The highest BCUT2D eigenvalue weighted by Gasteiger charge is 2.11. The Bertz CT molecular complexity index is 543. The largest absolute Gasteiger partial charge is 0.366 e. The van der Waals surface area contributed by atoms with Crippen LogP contribution in [0.4, 0.5) is 5.69 Å². The fourth-order valence-corrected chi connectivity index (χ4v) is 2.60. The van der Waals surface area contributed by atoms with E-state index in [1.807, 2.05) is 18.3 Å². The first-order valence-electron chi connectivity index (χ1n) is 6.88. The highest BCUT2D eigenvalue weighted by atomic mass is 79.9. The molecule has 1 aromatic carbocycles. The Morgan fingerprint density at radius 3 is 2.75 bits per heavy atom. The van der Waals surface area contributed by atoms with Gasteiger partial charge in [-0.1, -0.05) is 28.1 Å². The van der Waals surface area contributed by atoms with Crippen molar-refractivity contribution in [2.75, 3.05) is 18.0 Å². The van der Waals surface area contributed by atoms with Gasteiger partial charge in [-0.05, 0) is 49.7 Å². The molecule has 0 amide bonds. The van der Waals surface area contributed by atoms with Crippen molar-refractivity contribution in [2.45, 2.75) is 19.9 Å². The van der Waals surface area contributed by atoms with E-state index >= 15 is 0 Å². The van der Waals surface area contributed by atoms with Crippen LogP contribution in [0.25, 0.3) is 0 Å². The lowest BCUT2D eigenvalue weighted by Gasteiger charge is -2.25. The zero-order chi connectivity index (χ0) is 14.4. The van der Waals surface area contributed by atoms with Gasteiger partial charge in [0.15, 0.2) is 0 Å². The minimum absolute atomic E-state index is 0.662. The zero-order valence-corrected chi connectivity index (χ0v) is 13.3. The molecule has 0 aliphatic carbocycles. The highest BCUT2D eigenvalue weighted by Crippen LogP contribution is 2.26. The van der Waals surface area contributed by atoms with E-state index in [1.54, 1.807) is 0 Å². The predicted octanol–water partition coefficient (Wildman–Crippen LogP) is 3.37. The normalized spacial score (nSPS) is 10.6. The Labute approximate surface area is 129 Å². The third kappa shape index (κ3) is 3.81. The Morgan fingerprint density at radius 1 is 1.25 bits per heavy atom. The number of anilines is 1. The van der Waals surface area contributed by atoms with Crippen molar-refractivity contribution >= 4 is 21.6 Å². The van der Waals surface area contributed by atoms with Crippen LogP contribution in [-0.2, 0) is 13.0 Å². The fraction of sp³-hybridized carbons (Fsp3) is 0.312. The second-order valence-corrected chi connectivity index (χ2v) is 5.56. The van der Waals surface area contributed by atoms with Crippen LogP contribution in [0, 0.1) is 0 Å². The van der Waals surface area contributed by atoms with Gasteiger partial charge in [0.25, 0.3) is 0 Å². The van der Waals surface area contributed by atoms with Crippen molar-refractivity contribution in [3.8, 4) is 0 Å². The molecule has 2 N–H and O–H groups in total. The van der Waals surface area contributed by atoms with Crippen LogP contribution in [0.3, 0.4) is 0 Å². The SMILES string of the molecule is CCN(Cc1ccccn1)c1cc(Br)ccc1CCN. The maximum absolute atomic E-state index is 5.72. The van der Waals surface area contributed by atoms with Crippen LogP contribution in [0.15, 0.2) is 47.1 Å². The summed E-state index contributed by atoms with van der Waals surface area (Å²) in [6.07, 6.45) is 2.73. The number of rotatable bonds is 6. The molecule has 0 bridgehead atoms. The average Bonchev–Trinajstić information content (AvgIpc) is 2.48. The van der Waals surface area contributed by atoms with E-state index in [0.29, 0.717) is 6.54 Å². The van der Waals surface area contributed by atoms with Gasteiger partial charge in [0.2, 0.25) is 0 Å². The predicted molar refractivity (Wildman–Crippen MR) is 87.9 cm³/mol. The fourth-order valence-electron chi connectivity index (χ4n) is 2.25. The Morgan fingerprint density at radius 2 is 2.10 bits per heavy atom. The summed E-state index contributed by atoms with van der Waals surface area (Å²) in [5.74, 6) is 0. The van der Waals surface area contributed by atoms with Crippen molar-refractivity contribution in [1.29, 1.82) is 0 Å². The Kier molecular flexibility index (Phi) is 5.56. The summed E-state index contributed by atoms with van der Waals surface area (Å²) in [6, 6.07) is 12.4. The molecule has 1 aromatic heterocycles. The molecular formula is C16H20BrN3. The molecule has 106 valence electrons. The van der Waals surface area contributed by atoms with Crippen LogP contribution >= 0.6 is 15.9 Å². The number of hydrogen-bond acceptors (Lipinski definition) is 3. The van der Waals surface area contributed by atoms with Crippen molar-refractivity contribution in [3.05, 3.63) is 58.3 Å². The van der Waals surface area contributed by atoms with Crippen LogP contribution < -0.4 is 10.6 Å². The monoisotopic (exact) mass is 333 g/mol. The van der Waals surface area contributed by atoms with Crippen molar-refractivity contribution in [2.24, 2.45) is 5.73 Å². The van der Waals surface area contributed by atoms with Gasteiger partial charge in [0, 0.05) is 22.9 Å². The second-order valence-electron chi connectivity index (χ2n) is 4.65. The van der Waals surface area contributed by atoms with E-state index in [-0.39, 0.29) is 0 Å². The third-order valence-corrected chi connectivity index (χ3v) is 3.76. The molecule has 0 fully saturated rings. The molecule has 0 saturated carbocycles. The molecule has 0 saturated heterocycles. The standard InChI is InChI=1S/C16H20BrN3/c1-2-20(12-15-5-3-4-10-19-15)16-11-14(17)7-6-13(16)8-9-18/h3-7,10-11H,2,8-9,12,18H2,1H3. The summed E-state index contributed by atoms with van der Waals surface area (Å²) in [6.45, 7) is 4.57. The maximum Gasteiger partial charge on any atom is 0.0602 e. The van der Waals surface area contributed by atoms with E-state index in [9.17, 15) is 0 Å². The number of nitrogens with zero attached hydrogens (tertiary/aromatic N) is 2. The zero-order valence-electron chi connectivity index (χ0n) is 11.7. The van der Waals surface area contributed by atoms with Crippen molar-refractivity contribution in [1.82, 2.24) is 4.98 Å². The number of nitrogens with two attached hydrogens (primary N) is 1. The Hall–Kier alpha value is -1.39. The van der Waals surface area contributed by atoms with Gasteiger partial charge in [0.1, 0.15) is 0 Å². The molecule has 2 rings (SSSR count). The van der Waals surface area contributed by atoms with E-state index in [2.05, 4.69) is 57.0 Å². The smallest absolute Gasteiger partial charge is 0.0602 e. The third-order valence-electron chi connectivity index (χ3n) is 3.26. The minimum Gasteiger partial charge on any atom is -0.366 e. The lowest BCUT2D eigenvalue weighted by molar-refractivity contribution is 0.799. The van der Waals surface area contributed by atoms with Gasteiger partial charge >= 0.3 is 0 Å². The van der Waals surface area contributed by atoms with Crippen molar-refractivity contribution in [3.63, 3.8) is 0 Å². The molecule has 0 radical (unpaired) electrons. The van der Waals surface area contributed by atoms with E-state index in [0.717, 1.165) is 29.7 Å². The number of hydrogen-bond donors (Lipinski definition) is 1. The molecule has 0 aliphatic heterocycles. The number of aromatic nitrogens is 1. The van der Waals surface area contributed by atoms with Gasteiger partial charge < -0.3 is 10.6 Å². The molecule has 0 spiro atoms. The Balaban J connectivity index is 2.28. The van der Waals surface area contributed by atoms with Gasteiger partial charge in [-0.2, -0.15) is 0 Å². The van der Waals surface area contributed by atoms with E-state index < -0.39 is 0 Å². The first kappa shape index (κ1) is 15.0. The average molecular weight is 334 g/mol. The molecule has 3 nitrogen and oxygen atoms in total. The summed E-state index contributed by atoms with van der Waals surface area (Å²) < 4.78 is 1.09. The lowest BCUT2D eigenvalue weighted by Crippen LogP contribution is -2.24. The van der Waals surface area contributed by atoms with E-state index in [1.165, 1.54) is 11.3 Å². The van der Waals surface area contributed by atoms with Gasteiger partial charge in [-0.15, -0.1) is 0 Å². The molecule has 0 atom stereocenters. The van der Waals surface area contributed by atoms with Gasteiger partial charge in [0.05, 0.1) is 12.2 Å². The van der Waals surface area contributed by atoms with Crippen LogP contribution in [0.5, 0.6) is 0 Å². The summed E-state index contributed by atoms with van der Waals surface area (Å²) in [5, 5.41) is 0. The molecule has 0 aliphatic rings. The summed E-state index contributed by atoms with van der Waals surface area (Å²) in [5.41, 5.74) is 9.32. The number of halogens is 1. The van der Waals surface area contributed by atoms with E-state index in [4.69, 9.17) is 5.73 Å². The maximum atomic E-state index is 5.72. The summed E-state index contributed by atoms with van der Waals surface area (Å²) in [4.78, 5) is 6.74. The molecule has 1 heterocycles. The highest BCUT2D eigenvalue weighted by molar-refractivity contribution is 9.10. The number of pyridine rings is 1. The molecule has 2 aromatic rings. The number of benzene rings is 1. The van der Waals surface area contributed by atoms with Gasteiger partial charge in [-0.3, -0.25) is 4.98 Å². The molecular weight excluding hydrogens is 314 g/mol. The van der Waals surface area contributed by atoms with Crippen LogP contribution in [-0.4, -0.2) is 18.1 Å². The van der Waals surface area contributed by atoms with Crippen molar-refractivity contribution < 1.29 is 0 Å². The first-order chi connectivity index (χ1) is 9.74. The molecule has 4 heteroatoms. The molecule has 0 unspecified atom stereocenters. The summed E-state index contributed by atoms with van der Waals surface area (Å²) in [7, 11) is 0. The minimum atomic E-state index is 0.662. The quantitative estimate of drug-likeness (QED) is 0.881. The lowest BCUT2D eigenvalue weighted by atomic mass is 10.1.